The minimum atomic E-state index is -1.03. The molecule has 0 aliphatic rings. The Morgan fingerprint density at radius 1 is 1.50 bits per heavy atom. The summed E-state index contributed by atoms with van der Waals surface area (Å²) in [5.74, 6) is -1.08. The monoisotopic (exact) mass is 319 g/mol. The van der Waals surface area contributed by atoms with Crippen molar-refractivity contribution in [2.75, 3.05) is 6.54 Å². The Balaban J connectivity index is 2.28. The summed E-state index contributed by atoms with van der Waals surface area (Å²) in [5.41, 5.74) is 0.974. The average molecular weight is 319 g/mol. The van der Waals surface area contributed by atoms with Gasteiger partial charge in [0.25, 0.3) is 5.91 Å². The molecule has 2 rings (SSSR count). The number of rotatable bonds is 7. The third kappa shape index (κ3) is 3.65. The highest BCUT2D eigenvalue weighted by Gasteiger charge is 2.24. The molecule has 0 radical (unpaired) electrons. The molecule has 1 amide bonds. The number of amides is 1. The van der Waals surface area contributed by atoms with E-state index in [0.29, 0.717) is 24.2 Å². The molecule has 0 atom stereocenters. The van der Waals surface area contributed by atoms with Crippen LogP contribution in [-0.2, 0) is 17.8 Å². The lowest BCUT2D eigenvalue weighted by atomic mass is 10.1. The topological polar surface area (TPSA) is 70.8 Å². The van der Waals surface area contributed by atoms with Crippen LogP contribution in [0.5, 0.6) is 0 Å². The largest absolute Gasteiger partial charge is 0.481 e. The van der Waals surface area contributed by atoms with Crippen molar-refractivity contribution in [2.24, 2.45) is 0 Å². The Labute approximate surface area is 132 Å². The summed E-state index contributed by atoms with van der Waals surface area (Å²) in [7, 11) is 0. The van der Waals surface area contributed by atoms with Gasteiger partial charge in [-0.1, -0.05) is 12.1 Å². The number of nitrogens with zero attached hydrogens (tertiary/aromatic N) is 1. The third-order valence-electron chi connectivity index (χ3n) is 3.14. The van der Waals surface area contributed by atoms with Crippen LogP contribution in [0.15, 0.2) is 40.8 Å². The summed E-state index contributed by atoms with van der Waals surface area (Å²) < 4.78 is 5.24. The van der Waals surface area contributed by atoms with Crippen molar-refractivity contribution in [3.8, 4) is 0 Å². The van der Waals surface area contributed by atoms with Gasteiger partial charge in [-0.25, -0.2) is 0 Å². The fourth-order valence-corrected chi connectivity index (χ4v) is 2.90. The zero-order chi connectivity index (χ0) is 16.1. The van der Waals surface area contributed by atoms with E-state index in [1.165, 1.54) is 6.26 Å². The van der Waals surface area contributed by atoms with Gasteiger partial charge in [0.1, 0.15) is 12.2 Å². The fourth-order valence-electron chi connectivity index (χ4n) is 2.18. The van der Waals surface area contributed by atoms with Crippen molar-refractivity contribution < 1.29 is 19.1 Å². The van der Waals surface area contributed by atoms with Gasteiger partial charge in [0, 0.05) is 17.0 Å². The summed E-state index contributed by atoms with van der Waals surface area (Å²) in [5, 5.41) is 10.9. The molecule has 0 aliphatic heterocycles. The van der Waals surface area contributed by atoms with E-state index in [9.17, 15) is 9.59 Å². The predicted molar refractivity (Wildman–Crippen MR) is 84.0 cm³/mol. The molecule has 0 aromatic carbocycles. The summed E-state index contributed by atoms with van der Waals surface area (Å²) in [6.07, 6.45) is 2.76. The number of carboxylic acids is 1. The summed E-state index contributed by atoms with van der Waals surface area (Å²) >= 11 is 1.57. The van der Waals surface area contributed by atoms with Crippen molar-refractivity contribution >= 4 is 23.2 Å². The molecule has 22 heavy (non-hydrogen) atoms. The van der Waals surface area contributed by atoms with Gasteiger partial charge in [-0.3, -0.25) is 9.59 Å². The van der Waals surface area contributed by atoms with E-state index >= 15 is 0 Å². The van der Waals surface area contributed by atoms with Gasteiger partial charge in [0.2, 0.25) is 0 Å². The van der Waals surface area contributed by atoms with Gasteiger partial charge in [-0.2, -0.15) is 0 Å². The van der Waals surface area contributed by atoms with Crippen LogP contribution in [0, 0.1) is 6.92 Å². The van der Waals surface area contributed by atoms with Crippen LogP contribution >= 0.6 is 11.3 Å². The molecule has 0 bridgehead atoms. The SMILES string of the molecule is C=CCN(Cc1cccs1)C(=O)c1c(C)coc1CC(=O)O. The third-order valence-corrected chi connectivity index (χ3v) is 4.00. The number of aryl methyl sites for hydroxylation is 1. The highest BCUT2D eigenvalue weighted by atomic mass is 32.1. The lowest BCUT2D eigenvalue weighted by Gasteiger charge is -2.20. The van der Waals surface area contributed by atoms with Crippen molar-refractivity contribution in [1.29, 1.82) is 0 Å². The molecule has 0 fully saturated rings. The second-order valence-corrected chi connectivity index (χ2v) is 5.87. The van der Waals surface area contributed by atoms with E-state index in [1.807, 2.05) is 17.5 Å². The normalized spacial score (nSPS) is 10.4. The van der Waals surface area contributed by atoms with Gasteiger partial charge in [-0.15, -0.1) is 17.9 Å². The predicted octanol–water partition coefficient (Wildman–Crippen LogP) is 3.11. The molecule has 0 spiro atoms. The Morgan fingerprint density at radius 3 is 2.86 bits per heavy atom. The highest BCUT2D eigenvalue weighted by Crippen LogP contribution is 2.21. The first-order valence-electron chi connectivity index (χ1n) is 6.74. The molecule has 2 aromatic heterocycles. The molecule has 0 saturated heterocycles. The molecule has 116 valence electrons. The molecule has 0 unspecified atom stereocenters. The summed E-state index contributed by atoms with van der Waals surface area (Å²) in [4.78, 5) is 26.4. The number of hydrogen-bond donors (Lipinski definition) is 1. The first-order chi connectivity index (χ1) is 10.5. The maximum absolute atomic E-state index is 12.8. The number of carbonyl (C=O) groups excluding carboxylic acids is 1. The molecule has 6 heteroatoms. The van der Waals surface area contributed by atoms with Crippen molar-refractivity contribution in [1.82, 2.24) is 4.90 Å². The van der Waals surface area contributed by atoms with E-state index in [1.54, 1.807) is 29.2 Å². The zero-order valence-corrected chi connectivity index (χ0v) is 13.1. The molecular formula is C16H17NO4S. The lowest BCUT2D eigenvalue weighted by Crippen LogP contribution is -2.31. The van der Waals surface area contributed by atoms with Crippen LogP contribution in [0.1, 0.15) is 26.6 Å². The minimum Gasteiger partial charge on any atom is -0.481 e. The lowest BCUT2D eigenvalue weighted by molar-refractivity contribution is -0.136. The zero-order valence-electron chi connectivity index (χ0n) is 12.2. The maximum atomic E-state index is 12.8. The minimum absolute atomic E-state index is 0.190. The smallest absolute Gasteiger partial charge is 0.311 e. The van der Waals surface area contributed by atoms with Crippen LogP contribution in [-0.4, -0.2) is 28.4 Å². The molecule has 2 aromatic rings. The quantitative estimate of drug-likeness (QED) is 0.796. The van der Waals surface area contributed by atoms with E-state index in [4.69, 9.17) is 9.52 Å². The average Bonchev–Trinajstić information content (AvgIpc) is 3.07. The van der Waals surface area contributed by atoms with Crippen LogP contribution < -0.4 is 0 Å². The Bertz CT molecular complexity index is 672. The van der Waals surface area contributed by atoms with E-state index in [2.05, 4.69) is 6.58 Å². The number of carboxylic acid groups (broad SMARTS) is 1. The number of furan rings is 1. The molecule has 2 heterocycles. The number of carbonyl (C=O) groups is 2. The van der Waals surface area contributed by atoms with Gasteiger partial charge in [0.05, 0.1) is 18.4 Å². The van der Waals surface area contributed by atoms with Crippen LogP contribution in [0.2, 0.25) is 0 Å². The number of aliphatic carboxylic acids is 1. The molecule has 1 N–H and O–H groups in total. The second kappa shape index (κ2) is 7.09. The first-order valence-corrected chi connectivity index (χ1v) is 7.62. The Kier molecular flexibility index (Phi) is 5.16. The van der Waals surface area contributed by atoms with E-state index in [0.717, 1.165) is 4.88 Å². The van der Waals surface area contributed by atoms with Gasteiger partial charge < -0.3 is 14.4 Å². The second-order valence-electron chi connectivity index (χ2n) is 4.84. The van der Waals surface area contributed by atoms with Gasteiger partial charge >= 0.3 is 5.97 Å². The van der Waals surface area contributed by atoms with Crippen molar-refractivity contribution in [2.45, 2.75) is 19.9 Å². The van der Waals surface area contributed by atoms with E-state index in [-0.39, 0.29) is 18.1 Å². The van der Waals surface area contributed by atoms with E-state index < -0.39 is 5.97 Å². The molecule has 5 nitrogen and oxygen atoms in total. The van der Waals surface area contributed by atoms with Crippen LogP contribution in [0.4, 0.5) is 0 Å². The highest BCUT2D eigenvalue weighted by molar-refractivity contribution is 7.09. The Morgan fingerprint density at radius 2 is 2.27 bits per heavy atom. The van der Waals surface area contributed by atoms with Gasteiger partial charge in [-0.05, 0) is 18.4 Å². The van der Waals surface area contributed by atoms with Crippen LogP contribution in [0.25, 0.3) is 0 Å². The van der Waals surface area contributed by atoms with Crippen molar-refractivity contribution in [3.63, 3.8) is 0 Å². The summed E-state index contributed by atoms with van der Waals surface area (Å²) in [6.45, 7) is 6.25. The number of thiophene rings is 1. The number of hydrogen-bond acceptors (Lipinski definition) is 4. The van der Waals surface area contributed by atoms with Crippen LogP contribution in [0.3, 0.4) is 0 Å². The van der Waals surface area contributed by atoms with Gasteiger partial charge in [0.15, 0.2) is 0 Å². The fraction of sp³-hybridized carbons (Fsp3) is 0.250. The maximum Gasteiger partial charge on any atom is 0.311 e. The molecule has 0 saturated carbocycles. The van der Waals surface area contributed by atoms with Crippen molar-refractivity contribution in [3.05, 3.63) is 58.2 Å². The first kappa shape index (κ1) is 16.0. The molecular weight excluding hydrogens is 302 g/mol. The Hall–Kier alpha value is -2.34. The standard InChI is InChI=1S/C16H17NO4S/c1-3-6-17(9-12-5-4-7-22-12)16(20)15-11(2)10-21-13(15)8-14(18)19/h3-5,7,10H,1,6,8-9H2,2H3,(H,18,19). The molecule has 0 aliphatic carbocycles. The summed E-state index contributed by atoms with van der Waals surface area (Å²) in [6, 6.07) is 3.88.